The quantitative estimate of drug-likeness (QED) is 0.763. The van der Waals surface area contributed by atoms with Gasteiger partial charge in [-0.15, -0.1) is 10.2 Å². The summed E-state index contributed by atoms with van der Waals surface area (Å²) in [4.78, 5) is 14.2. The Morgan fingerprint density at radius 1 is 1.17 bits per heavy atom. The first-order valence-corrected chi connectivity index (χ1v) is 10.6. The van der Waals surface area contributed by atoms with Gasteiger partial charge in [-0.25, -0.2) is 4.79 Å². The Labute approximate surface area is 177 Å². The molecule has 0 aromatic carbocycles. The summed E-state index contributed by atoms with van der Waals surface area (Å²) >= 11 is 0. The summed E-state index contributed by atoms with van der Waals surface area (Å²) in [6.07, 6.45) is 3.78. The van der Waals surface area contributed by atoms with Crippen molar-refractivity contribution in [1.29, 1.82) is 0 Å². The van der Waals surface area contributed by atoms with Crippen molar-refractivity contribution in [1.82, 2.24) is 24.9 Å². The lowest BCUT2D eigenvalue weighted by Crippen LogP contribution is -2.36. The molecule has 2 fully saturated rings. The molecule has 0 radical (unpaired) electrons. The molecule has 30 heavy (non-hydrogen) atoms. The highest BCUT2D eigenvalue weighted by atomic mass is 16.6. The number of likely N-dealkylation sites (tertiary alicyclic amines) is 1. The zero-order valence-corrected chi connectivity index (χ0v) is 18.5. The molecule has 3 heterocycles. The number of amides is 1. The van der Waals surface area contributed by atoms with E-state index >= 15 is 0 Å². The zero-order chi connectivity index (χ0) is 21.5. The van der Waals surface area contributed by atoms with Gasteiger partial charge in [0.05, 0.1) is 18.5 Å². The lowest BCUT2D eigenvalue weighted by Gasteiger charge is -2.25. The van der Waals surface area contributed by atoms with Gasteiger partial charge in [0.15, 0.2) is 0 Å². The molecule has 2 aromatic heterocycles. The van der Waals surface area contributed by atoms with Crippen LogP contribution in [0.3, 0.4) is 0 Å². The molecule has 4 rings (SSSR count). The highest BCUT2D eigenvalue weighted by Crippen LogP contribution is 2.42. The third kappa shape index (κ3) is 4.42. The summed E-state index contributed by atoms with van der Waals surface area (Å²) in [6.45, 7) is 9.93. The van der Waals surface area contributed by atoms with E-state index in [4.69, 9.17) is 9.47 Å². The van der Waals surface area contributed by atoms with Crippen LogP contribution in [0.5, 0.6) is 5.88 Å². The topological polar surface area (TPSA) is 82.4 Å². The molecule has 0 spiro atoms. The van der Waals surface area contributed by atoms with Gasteiger partial charge in [0.25, 0.3) is 0 Å². The second-order valence-corrected chi connectivity index (χ2v) is 9.61. The fourth-order valence-electron chi connectivity index (χ4n) is 4.68. The van der Waals surface area contributed by atoms with E-state index < -0.39 is 5.60 Å². The van der Waals surface area contributed by atoms with Crippen LogP contribution in [0.2, 0.25) is 0 Å². The number of rotatable bonds is 4. The van der Waals surface area contributed by atoms with Crippen molar-refractivity contribution in [3.05, 3.63) is 23.9 Å². The number of carbonyl (C=O) groups excluding carboxylic acids is 1. The summed E-state index contributed by atoms with van der Waals surface area (Å²) in [6, 6.07) is 3.79. The molecule has 0 bridgehead atoms. The molecule has 8 nitrogen and oxygen atoms in total. The van der Waals surface area contributed by atoms with E-state index in [1.54, 1.807) is 4.68 Å². The lowest BCUT2D eigenvalue weighted by molar-refractivity contribution is 0.0276. The van der Waals surface area contributed by atoms with Gasteiger partial charge in [-0.1, -0.05) is 0 Å². The summed E-state index contributed by atoms with van der Waals surface area (Å²) in [5.74, 6) is 2.10. The van der Waals surface area contributed by atoms with Crippen molar-refractivity contribution in [3.63, 3.8) is 0 Å². The van der Waals surface area contributed by atoms with Crippen molar-refractivity contribution >= 4 is 6.09 Å². The Balaban J connectivity index is 1.26. The van der Waals surface area contributed by atoms with Crippen molar-refractivity contribution in [2.24, 2.45) is 24.8 Å². The second kappa shape index (κ2) is 7.89. The Kier molecular flexibility index (Phi) is 5.42. The minimum absolute atomic E-state index is 0.191. The maximum atomic E-state index is 12.3. The number of ether oxygens (including phenoxy) is 2. The van der Waals surface area contributed by atoms with Gasteiger partial charge in [0, 0.05) is 26.2 Å². The van der Waals surface area contributed by atoms with Crippen LogP contribution in [0.15, 0.2) is 18.3 Å². The summed E-state index contributed by atoms with van der Waals surface area (Å²) < 4.78 is 13.2. The van der Waals surface area contributed by atoms with Crippen LogP contribution >= 0.6 is 0 Å². The number of fused-ring (bicyclic) bond motifs is 1. The molecule has 1 aliphatic carbocycles. The van der Waals surface area contributed by atoms with E-state index in [0.717, 1.165) is 42.9 Å². The second-order valence-electron chi connectivity index (χ2n) is 9.61. The SMILES string of the molecule is Cc1cnn(C)c1-c1ccc(OCC2CC3CN(C(=O)OC(C)(C)C)C[C@H]3C2)nn1. The average Bonchev–Trinajstić information content (AvgIpc) is 3.32. The van der Waals surface area contributed by atoms with Gasteiger partial charge in [-0.05, 0) is 69.9 Å². The normalized spacial score (nSPS) is 23.5. The summed E-state index contributed by atoms with van der Waals surface area (Å²) in [7, 11) is 1.90. The number of nitrogens with zero attached hydrogens (tertiary/aromatic N) is 5. The Bertz CT molecular complexity index is 869. The first-order valence-electron chi connectivity index (χ1n) is 10.6. The smallest absolute Gasteiger partial charge is 0.410 e. The fourth-order valence-corrected chi connectivity index (χ4v) is 4.68. The largest absolute Gasteiger partial charge is 0.476 e. The standard InChI is InChI=1S/C22H31N5O3/c1-14-10-23-26(5)20(14)18-6-7-19(25-24-18)29-13-15-8-16-11-27(12-17(16)9-15)21(28)30-22(2,3)4/h6-7,10,15-17H,8-9,11-13H2,1-5H3/t15?,16-,17?/m1/s1. The Morgan fingerprint density at radius 3 is 2.40 bits per heavy atom. The minimum atomic E-state index is -0.447. The van der Waals surface area contributed by atoms with Gasteiger partial charge in [-0.2, -0.15) is 5.10 Å². The zero-order valence-electron chi connectivity index (χ0n) is 18.5. The van der Waals surface area contributed by atoms with E-state index in [-0.39, 0.29) is 6.09 Å². The molecule has 1 saturated carbocycles. The van der Waals surface area contributed by atoms with Gasteiger partial charge >= 0.3 is 6.09 Å². The van der Waals surface area contributed by atoms with Crippen LogP contribution in [0.1, 0.15) is 39.2 Å². The molecule has 0 N–H and O–H groups in total. The third-order valence-electron chi connectivity index (χ3n) is 5.97. The van der Waals surface area contributed by atoms with E-state index in [1.807, 2.05) is 58.0 Å². The van der Waals surface area contributed by atoms with Crippen molar-refractivity contribution < 1.29 is 14.3 Å². The maximum Gasteiger partial charge on any atom is 0.410 e. The molecule has 1 saturated heterocycles. The molecule has 2 aliphatic rings. The molecule has 1 aliphatic heterocycles. The van der Waals surface area contributed by atoms with Crippen LogP contribution < -0.4 is 4.74 Å². The number of aromatic nitrogens is 4. The fraction of sp³-hybridized carbons (Fsp3) is 0.636. The molecule has 2 aromatic rings. The highest BCUT2D eigenvalue weighted by molar-refractivity contribution is 5.68. The van der Waals surface area contributed by atoms with Crippen LogP contribution in [0.25, 0.3) is 11.4 Å². The van der Waals surface area contributed by atoms with Gasteiger partial charge in [0.2, 0.25) is 5.88 Å². The molecule has 162 valence electrons. The van der Waals surface area contributed by atoms with E-state index in [0.29, 0.717) is 30.2 Å². The van der Waals surface area contributed by atoms with Crippen molar-refractivity contribution in [2.75, 3.05) is 19.7 Å². The van der Waals surface area contributed by atoms with Crippen LogP contribution in [0, 0.1) is 24.7 Å². The Morgan fingerprint density at radius 2 is 1.87 bits per heavy atom. The lowest BCUT2D eigenvalue weighted by atomic mass is 10.0. The molecular weight excluding hydrogens is 382 g/mol. The van der Waals surface area contributed by atoms with Gasteiger partial charge in [0.1, 0.15) is 11.3 Å². The Hall–Kier alpha value is -2.64. The number of aryl methyl sites for hydroxylation is 2. The monoisotopic (exact) mass is 413 g/mol. The first-order chi connectivity index (χ1) is 14.2. The maximum absolute atomic E-state index is 12.3. The van der Waals surface area contributed by atoms with Crippen molar-refractivity contribution in [3.8, 4) is 17.3 Å². The molecule has 1 amide bonds. The average molecular weight is 414 g/mol. The van der Waals surface area contributed by atoms with E-state index in [2.05, 4.69) is 15.3 Å². The molecular formula is C22H31N5O3. The predicted molar refractivity (Wildman–Crippen MR) is 112 cm³/mol. The summed E-state index contributed by atoms with van der Waals surface area (Å²) in [5.41, 5.74) is 2.38. The number of hydrogen-bond acceptors (Lipinski definition) is 6. The van der Waals surface area contributed by atoms with Crippen molar-refractivity contribution in [2.45, 2.75) is 46.1 Å². The molecule has 2 unspecified atom stereocenters. The van der Waals surface area contributed by atoms with E-state index in [9.17, 15) is 4.79 Å². The van der Waals surface area contributed by atoms with Gasteiger partial charge < -0.3 is 14.4 Å². The molecule has 8 heteroatoms. The van der Waals surface area contributed by atoms with Crippen LogP contribution in [-0.4, -0.2) is 56.3 Å². The highest BCUT2D eigenvalue weighted by Gasteiger charge is 2.43. The minimum Gasteiger partial charge on any atom is -0.476 e. The predicted octanol–water partition coefficient (Wildman–Crippen LogP) is 3.46. The van der Waals surface area contributed by atoms with Crippen LogP contribution in [0.4, 0.5) is 4.79 Å². The summed E-state index contributed by atoms with van der Waals surface area (Å²) in [5, 5.41) is 12.8. The van der Waals surface area contributed by atoms with E-state index in [1.165, 1.54) is 0 Å². The first kappa shape index (κ1) is 20.6. The third-order valence-corrected chi connectivity index (χ3v) is 5.97. The van der Waals surface area contributed by atoms with Gasteiger partial charge in [-0.3, -0.25) is 4.68 Å². The van der Waals surface area contributed by atoms with Crippen LogP contribution in [-0.2, 0) is 11.8 Å². The number of hydrogen-bond donors (Lipinski definition) is 0. The molecule has 3 atom stereocenters. The number of carbonyl (C=O) groups is 1.